The van der Waals surface area contributed by atoms with Crippen LogP contribution in [0.3, 0.4) is 0 Å². The van der Waals surface area contributed by atoms with Crippen LogP contribution in [0.15, 0.2) is 82.8 Å². The fourth-order valence-electron chi connectivity index (χ4n) is 2.95. The molecule has 0 aliphatic carbocycles. The predicted molar refractivity (Wildman–Crippen MR) is 102 cm³/mol. The molecule has 0 amide bonds. The van der Waals surface area contributed by atoms with E-state index in [1.807, 2.05) is 36.4 Å². The lowest BCUT2D eigenvalue weighted by Gasteiger charge is -2.19. The maximum atomic E-state index is 10.4. The number of rotatable bonds is 6. The fourth-order valence-corrected chi connectivity index (χ4v) is 2.95. The third kappa shape index (κ3) is 4.27. The van der Waals surface area contributed by atoms with Crippen LogP contribution >= 0.6 is 0 Å². The lowest BCUT2D eigenvalue weighted by molar-refractivity contribution is 0.507. The molecule has 0 aliphatic rings. The van der Waals surface area contributed by atoms with Gasteiger partial charge in [-0.25, -0.2) is 9.59 Å². The van der Waals surface area contributed by atoms with Crippen LogP contribution in [-0.2, 0) is 9.59 Å². The second-order valence-electron chi connectivity index (χ2n) is 5.78. The van der Waals surface area contributed by atoms with Crippen LogP contribution in [0.5, 0.6) is 5.75 Å². The van der Waals surface area contributed by atoms with Crippen LogP contribution < -0.4 is 4.74 Å². The zero-order valence-corrected chi connectivity index (χ0v) is 14.6. The van der Waals surface area contributed by atoms with Crippen LogP contribution in [0.1, 0.15) is 22.6 Å². The molecule has 134 valence electrons. The molecule has 0 N–H and O–H groups in total. The highest BCUT2D eigenvalue weighted by atomic mass is 16.5. The molecule has 6 heteroatoms. The minimum absolute atomic E-state index is 0.125. The SMILES string of the molecule is N#COc1ccc(C(c2ccc(N=C=O)cc2)c2ccc(N=C=O)cc2)cc1. The van der Waals surface area contributed by atoms with Crippen LogP contribution in [0, 0.1) is 11.5 Å². The second kappa shape index (κ2) is 8.88. The van der Waals surface area contributed by atoms with Gasteiger partial charge in [-0.15, -0.1) is 5.26 Å². The van der Waals surface area contributed by atoms with E-state index < -0.39 is 0 Å². The number of benzene rings is 3. The average Bonchev–Trinajstić information content (AvgIpc) is 2.73. The topological polar surface area (TPSA) is 91.9 Å². The van der Waals surface area contributed by atoms with Gasteiger partial charge in [-0.2, -0.15) is 9.98 Å². The summed E-state index contributed by atoms with van der Waals surface area (Å²) in [6, 6.07) is 21.7. The number of carbonyl (C=O) groups excluding carboxylic acids is 2. The Morgan fingerprint density at radius 1 is 0.679 bits per heavy atom. The maximum absolute atomic E-state index is 10.4. The molecule has 0 radical (unpaired) electrons. The van der Waals surface area contributed by atoms with E-state index in [1.165, 1.54) is 12.2 Å². The van der Waals surface area contributed by atoms with Crippen molar-refractivity contribution in [2.75, 3.05) is 0 Å². The maximum Gasteiger partial charge on any atom is 0.292 e. The van der Waals surface area contributed by atoms with E-state index in [0.29, 0.717) is 17.1 Å². The zero-order valence-electron chi connectivity index (χ0n) is 14.6. The van der Waals surface area contributed by atoms with Crippen LogP contribution in [0.2, 0.25) is 0 Å². The van der Waals surface area contributed by atoms with Gasteiger partial charge in [0.1, 0.15) is 5.75 Å². The molecule has 3 rings (SSSR count). The van der Waals surface area contributed by atoms with Gasteiger partial charge in [0, 0.05) is 5.92 Å². The normalized spacial score (nSPS) is 10.7. The summed E-state index contributed by atoms with van der Waals surface area (Å²) in [5, 5.41) is 8.65. The highest BCUT2D eigenvalue weighted by molar-refractivity contribution is 5.54. The van der Waals surface area contributed by atoms with E-state index in [2.05, 4.69) is 9.98 Å². The Bertz CT molecular complexity index is 1020. The van der Waals surface area contributed by atoms with Gasteiger partial charge in [0.25, 0.3) is 6.26 Å². The molecule has 0 aliphatic heterocycles. The lowest BCUT2D eigenvalue weighted by atomic mass is 9.85. The molecule has 0 fully saturated rings. The monoisotopic (exact) mass is 367 g/mol. The van der Waals surface area contributed by atoms with E-state index in [4.69, 9.17) is 10.00 Å². The van der Waals surface area contributed by atoms with E-state index in [0.717, 1.165) is 16.7 Å². The molecule has 0 bridgehead atoms. The van der Waals surface area contributed by atoms with Gasteiger partial charge in [-0.3, -0.25) is 0 Å². The van der Waals surface area contributed by atoms with Gasteiger partial charge in [0.05, 0.1) is 11.4 Å². The van der Waals surface area contributed by atoms with Crippen LogP contribution in [0.4, 0.5) is 11.4 Å². The van der Waals surface area contributed by atoms with Gasteiger partial charge in [-0.1, -0.05) is 36.4 Å². The Morgan fingerprint density at radius 2 is 1.07 bits per heavy atom. The average molecular weight is 367 g/mol. The highest BCUT2D eigenvalue weighted by Crippen LogP contribution is 2.34. The quantitative estimate of drug-likeness (QED) is 0.274. The van der Waals surface area contributed by atoms with Crippen molar-refractivity contribution in [3.8, 4) is 12.0 Å². The van der Waals surface area contributed by atoms with Crippen LogP contribution in [0.25, 0.3) is 0 Å². The number of nitrogens with zero attached hydrogens (tertiary/aromatic N) is 3. The molecule has 3 aromatic rings. The number of ether oxygens (including phenoxy) is 1. The minimum atomic E-state index is -0.125. The molecular formula is C22H13N3O3. The standard InChI is InChI=1S/C22H13N3O3/c23-13-28-21-11-5-18(6-12-21)22(16-1-7-19(8-2-16)24-14-26)17-3-9-20(10-4-17)25-15-27/h1-12,22H. The van der Waals surface area contributed by atoms with Crippen molar-refractivity contribution in [1.82, 2.24) is 0 Å². The first-order valence-corrected chi connectivity index (χ1v) is 8.26. The lowest BCUT2D eigenvalue weighted by Crippen LogP contribution is -2.03. The third-order valence-electron chi connectivity index (χ3n) is 4.18. The summed E-state index contributed by atoms with van der Waals surface area (Å²) in [6.07, 6.45) is 4.70. The first-order valence-electron chi connectivity index (χ1n) is 8.26. The Balaban J connectivity index is 2.05. The van der Waals surface area contributed by atoms with Gasteiger partial charge in [0.15, 0.2) is 0 Å². The summed E-state index contributed by atoms with van der Waals surface area (Å²) < 4.78 is 4.84. The fraction of sp³-hybridized carbons (Fsp3) is 0.0455. The van der Waals surface area contributed by atoms with Crippen LogP contribution in [-0.4, -0.2) is 12.2 Å². The van der Waals surface area contributed by atoms with Crippen molar-refractivity contribution in [3.05, 3.63) is 89.5 Å². The molecule has 0 aromatic heterocycles. The molecule has 0 saturated heterocycles. The van der Waals surface area contributed by atoms with E-state index in [9.17, 15) is 9.59 Å². The summed E-state index contributed by atoms with van der Waals surface area (Å²) in [5.74, 6) is 0.330. The Morgan fingerprint density at radius 3 is 1.43 bits per heavy atom. The van der Waals surface area contributed by atoms with Gasteiger partial charge < -0.3 is 4.74 Å². The molecule has 6 nitrogen and oxygen atoms in total. The van der Waals surface area contributed by atoms with Crippen molar-refractivity contribution in [3.63, 3.8) is 0 Å². The molecular weight excluding hydrogens is 354 g/mol. The van der Waals surface area contributed by atoms with Crippen molar-refractivity contribution in [2.45, 2.75) is 5.92 Å². The number of hydrogen-bond acceptors (Lipinski definition) is 6. The minimum Gasteiger partial charge on any atom is -0.388 e. The van der Waals surface area contributed by atoms with E-state index in [1.54, 1.807) is 42.7 Å². The van der Waals surface area contributed by atoms with Crippen molar-refractivity contribution < 1.29 is 14.3 Å². The molecule has 0 saturated carbocycles. The summed E-state index contributed by atoms with van der Waals surface area (Å²) in [5.41, 5.74) is 3.97. The number of isocyanates is 2. The summed E-state index contributed by atoms with van der Waals surface area (Å²) in [6.45, 7) is 0. The van der Waals surface area contributed by atoms with E-state index >= 15 is 0 Å². The van der Waals surface area contributed by atoms with Gasteiger partial charge in [0.2, 0.25) is 12.2 Å². The molecule has 28 heavy (non-hydrogen) atoms. The molecule has 0 heterocycles. The first kappa shape index (κ1) is 18.5. The molecule has 0 spiro atoms. The number of hydrogen-bond donors (Lipinski definition) is 0. The Hall–Kier alpha value is -4.29. The zero-order chi connectivity index (χ0) is 19.8. The smallest absolute Gasteiger partial charge is 0.292 e. The van der Waals surface area contributed by atoms with E-state index in [-0.39, 0.29) is 5.92 Å². The third-order valence-corrected chi connectivity index (χ3v) is 4.18. The second-order valence-corrected chi connectivity index (χ2v) is 5.78. The van der Waals surface area contributed by atoms with Crippen molar-refractivity contribution >= 4 is 23.5 Å². The largest absolute Gasteiger partial charge is 0.388 e. The summed E-state index contributed by atoms with van der Waals surface area (Å²) >= 11 is 0. The number of nitriles is 1. The predicted octanol–water partition coefficient (Wildman–Crippen LogP) is 4.66. The number of aliphatic imine (C=N–C) groups is 2. The van der Waals surface area contributed by atoms with Crippen molar-refractivity contribution in [2.24, 2.45) is 9.98 Å². The summed E-state index contributed by atoms with van der Waals surface area (Å²) in [7, 11) is 0. The molecule has 0 unspecified atom stereocenters. The molecule has 3 aromatic carbocycles. The van der Waals surface area contributed by atoms with Gasteiger partial charge >= 0.3 is 0 Å². The van der Waals surface area contributed by atoms with Crippen molar-refractivity contribution in [1.29, 1.82) is 5.26 Å². The van der Waals surface area contributed by atoms with Gasteiger partial charge in [-0.05, 0) is 53.1 Å². The Labute approximate surface area is 161 Å². The highest BCUT2D eigenvalue weighted by Gasteiger charge is 2.17. The molecule has 0 atom stereocenters. The Kier molecular flexibility index (Phi) is 5.87. The first-order chi connectivity index (χ1) is 13.7. The summed E-state index contributed by atoms with van der Waals surface area (Å²) in [4.78, 5) is 28.1.